The molecule has 2 rings (SSSR count). The predicted octanol–water partition coefficient (Wildman–Crippen LogP) is 3.99. The van der Waals surface area contributed by atoms with E-state index in [-0.39, 0.29) is 31.4 Å². The summed E-state index contributed by atoms with van der Waals surface area (Å²) in [6.07, 6.45) is 0. The van der Waals surface area contributed by atoms with Crippen molar-refractivity contribution in [2.24, 2.45) is 0 Å². The Labute approximate surface area is 178 Å². The van der Waals surface area contributed by atoms with Gasteiger partial charge in [0.05, 0.1) is 13.2 Å². The van der Waals surface area contributed by atoms with Crippen LogP contribution in [0.2, 0.25) is 10.0 Å². The average molecular weight is 441 g/mol. The second-order valence-electron chi connectivity index (χ2n) is 6.12. The third-order valence-electron chi connectivity index (χ3n) is 4.01. The lowest BCUT2D eigenvalue weighted by Gasteiger charge is -2.29. The number of benzene rings is 1. The zero-order chi connectivity index (χ0) is 21.6. The molecule has 9 heteroatoms. The third kappa shape index (κ3) is 5.98. The summed E-state index contributed by atoms with van der Waals surface area (Å²) in [6.45, 7) is 5.30. The Hall–Kier alpha value is -2.51. The third-order valence-corrected chi connectivity index (χ3v) is 4.44. The van der Waals surface area contributed by atoms with Crippen LogP contribution in [-0.2, 0) is 20.9 Å². The van der Waals surface area contributed by atoms with Gasteiger partial charge in [0.15, 0.2) is 11.8 Å². The maximum atomic E-state index is 13.1. The van der Waals surface area contributed by atoms with E-state index in [1.54, 1.807) is 32.0 Å². The number of likely N-dealkylation sites (N-methyl/N-ethyl adjacent to an activating group) is 1. The molecule has 0 fully saturated rings. The number of hydrogen-bond donors (Lipinski definition) is 1. The van der Waals surface area contributed by atoms with Gasteiger partial charge in [0.2, 0.25) is 5.91 Å². The summed E-state index contributed by atoms with van der Waals surface area (Å²) in [4.78, 5) is 38.2. The SMILES string of the molecule is CCOC(=O)[C@H](c1cc(Cl)cc(Cl)c1)N(CC)C(=O)c1ccc(CNC(C)=O)o1. The molecule has 29 heavy (non-hydrogen) atoms. The van der Waals surface area contributed by atoms with Crippen LogP contribution in [0.1, 0.15) is 48.7 Å². The molecule has 0 spiro atoms. The molecule has 156 valence electrons. The van der Waals surface area contributed by atoms with Crippen LogP contribution >= 0.6 is 23.2 Å². The number of esters is 1. The fourth-order valence-electron chi connectivity index (χ4n) is 2.78. The average Bonchev–Trinajstić information content (AvgIpc) is 3.12. The highest BCUT2D eigenvalue weighted by Crippen LogP contribution is 2.30. The van der Waals surface area contributed by atoms with E-state index in [1.807, 2.05) is 0 Å². The first kappa shape index (κ1) is 22.8. The molecule has 0 aliphatic rings. The Bertz CT molecular complexity index is 876. The smallest absolute Gasteiger partial charge is 0.333 e. The molecule has 1 aromatic heterocycles. The van der Waals surface area contributed by atoms with E-state index in [0.29, 0.717) is 21.4 Å². The zero-order valence-corrected chi connectivity index (χ0v) is 17.8. The van der Waals surface area contributed by atoms with Crippen molar-refractivity contribution in [2.45, 2.75) is 33.4 Å². The molecule has 1 N–H and O–H groups in total. The van der Waals surface area contributed by atoms with Crippen molar-refractivity contribution in [3.05, 3.63) is 57.5 Å². The molecule has 0 saturated heterocycles. The summed E-state index contributed by atoms with van der Waals surface area (Å²) in [5.41, 5.74) is 0.432. The van der Waals surface area contributed by atoms with Crippen LogP contribution in [0.5, 0.6) is 0 Å². The second kappa shape index (κ2) is 10.3. The first-order valence-corrected chi connectivity index (χ1v) is 9.79. The lowest BCUT2D eigenvalue weighted by atomic mass is 10.0. The molecule has 0 bridgehead atoms. The van der Waals surface area contributed by atoms with Gasteiger partial charge in [-0.3, -0.25) is 9.59 Å². The maximum absolute atomic E-state index is 13.1. The van der Waals surface area contributed by atoms with Crippen molar-refractivity contribution in [1.82, 2.24) is 10.2 Å². The molecule has 0 unspecified atom stereocenters. The highest BCUT2D eigenvalue weighted by molar-refractivity contribution is 6.34. The lowest BCUT2D eigenvalue weighted by Crippen LogP contribution is -2.39. The van der Waals surface area contributed by atoms with Crippen LogP contribution in [0.3, 0.4) is 0 Å². The van der Waals surface area contributed by atoms with E-state index < -0.39 is 17.9 Å². The largest absolute Gasteiger partial charge is 0.464 e. The Morgan fingerprint density at radius 1 is 1.14 bits per heavy atom. The van der Waals surface area contributed by atoms with Crippen molar-refractivity contribution >= 4 is 41.0 Å². The molecule has 0 aliphatic carbocycles. The van der Waals surface area contributed by atoms with E-state index in [0.717, 1.165) is 0 Å². The highest BCUT2D eigenvalue weighted by Gasteiger charge is 2.34. The van der Waals surface area contributed by atoms with Crippen molar-refractivity contribution in [3.8, 4) is 0 Å². The number of carbonyl (C=O) groups excluding carboxylic acids is 3. The summed E-state index contributed by atoms with van der Waals surface area (Å²) in [5, 5.41) is 3.26. The van der Waals surface area contributed by atoms with Crippen molar-refractivity contribution in [1.29, 1.82) is 0 Å². The molecule has 0 radical (unpaired) electrons. The van der Waals surface area contributed by atoms with E-state index in [2.05, 4.69) is 5.32 Å². The van der Waals surface area contributed by atoms with Gasteiger partial charge < -0.3 is 19.4 Å². The van der Waals surface area contributed by atoms with Gasteiger partial charge >= 0.3 is 5.97 Å². The minimum Gasteiger partial charge on any atom is -0.464 e. The van der Waals surface area contributed by atoms with Crippen LogP contribution in [0.25, 0.3) is 0 Å². The van der Waals surface area contributed by atoms with Crippen LogP contribution in [0.4, 0.5) is 0 Å². The molecule has 7 nitrogen and oxygen atoms in total. The number of nitrogens with zero attached hydrogens (tertiary/aromatic N) is 1. The summed E-state index contributed by atoms with van der Waals surface area (Å²) >= 11 is 12.2. The second-order valence-corrected chi connectivity index (χ2v) is 7.00. The normalized spacial score (nSPS) is 11.6. The molecule has 1 aromatic carbocycles. The fourth-order valence-corrected chi connectivity index (χ4v) is 3.32. The fraction of sp³-hybridized carbons (Fsp3) is 0.350. The molecule has 2 amide bonds. The first-order valence-electron chi connectivity index (χ1n) is 9.03. The Balaban J connectivity index is 2.37. The zero-order valence-electron chi connectivity index (χ0n) is 16.3. The molecular weight excluding hydrogens is 419 g/mol. The lowest BCUT2D eigenvalue weighted by molar-refractivity contribution is -0.148. The Kier molecular flexibility index (Phi) is 8.10. The van der Waals surface area contributed by atoms with Gasteiger partial charge in [-0.05, 0) is 49.7 Å². The van der Waals surface area contributed by atoms with Crippen molar-refractivity contribution in [3.63, 3.8) is 0 Å². The van der Waals surface area contributed by atoms with Gasteiger partial charge in [-0.25, -0.2) is 4.79 Å². The van der Waals surface area contributed by atoms with Gasteiger partial charge in [-0.2, -0.15) is 0 Å². The van der Waals surface area contributed by atoms with Crippen molar-refractivity contribution in [2.75, 3.05) is 13.2 Å². The van der Waals surface area contributed by atoms with Gasteiger partial charge in [0.1, 0.15) is 5.76 Å². The number of ether oxygens (including phenoxy) is 1. The van der Waals surface area contributed by atoms with Crippen LogP contribution in [0.15, 0.2) is 34.7 Å². The minimum absolute atomic E-state index is 0.0367. The molecule has 0 aliphatic heterocycles. The number of nitrogens with one attached hydrogen (secondary N) is 1. The molecule has 0 saturated carbocycles. The summed E-state index contributed by atoms with van der Waals surface area (Å²) in [7, 11) is 0. The highest BCUT2D eigenvalue weighted by atomic mass is 35.5. The van der Waals surface area contributed by atoms with E-state index in [9.17, 15) is 14.4 Å². The summed E-state index contributed by atoms with van der Waals surface area (Å²) in [5.74, 6) is -0.876. The van der Waals surface area contributed by atoms with Crippen LogP contribution in [-0.4, -0.2) is 35.8 Å². The predicted molar refractivity (Wildman–Crippen MR) is 109 cm³/mol. The van der Waals surface area contributed by atoms with E-state index >= 15 is 0 Å². The topological polar surface area (TPSA) is 88.9 Å². The number of furan rings is 1. The minimum atomic E-state index is -1.05. The Morgan fingerprint density at radius 2 is 1.79 bits per heavy atom. The number of halogens is 2. The van der Waals surface area contributed by atoms with Crippen LogP contribution < -0.4 is 5.32 Å². The van der Waals surface area contributed by atoms with Gasteiger partial charge in [-0.15, -0.1) is 0 Å². The standard InChI is InChI=1S/C20H22Cl2N2O5/c1-4-24(19(26)17-7-6-16(29-17)11-23-12(3)25)18(20(27)28-5-2)13-8-14(21)10-15(22)9-13/h6-10,18H,4-5,11H2,1-3H3,(H,23,25)/t18-/m0/s1. The van der Waals surface area contributed by atoms with Crippen molar-refractivity contribution < 1.29 is 23.5 Å². The molecule has 1 heterocycles. The summed E-state index contributed by atoms with van der Waals surface area (Å²) < 4.78 is 10.7. The quantitative estimate of drug-likeness (QED) is 0.626. The summed E-state index contributed by atoms with van der Waals surface area (Å²) in [6, 6.07) is 6.70. The molecule has 1 atom stereocenters. The first-order chi connectivity index (χ1) is 13.8. The van der Waals surface area contributed by atoms with Gasteiger partial charge in [0, 0.05) is 23.5 Å². The van der Waals surface area contributed by atoms with Gasteiger partial charge in [0.25, 0.3) is 5.91 Å². The number of carbonyl (C=O) groups is 3. The molecule has 2 aromatic rings. The number of hydrogen-bond acceptors (Lipinski definition) is 5. The number of amides is 2. The monoisotopic (exact) mass is 440 g/mol. The number of rotatable bonds is 8. The maximum Gasteiger partial charge on any atom is 0.333 e. The molecular formula is C20H22Cl2N2O5. The van der Waals surface area contributed by atoms with E-state index in [1.165, 1.54) is 24.0 Å². The van der Waals surface area contributed by atoms with Crippen LogP contribution in [0, 0.1) is 0 Å². The Morgan fingerprint density at radius 3 is 2.34 bits per heavy atom. The van der Waals surface area contributed by atoms with Gasteiger partial charge in [-0.1, -0.05) is 23.2 Å². The van der Waals surface area contributed by atoms with E-state index in [4.69, 9.17) is 32.4 Å².